The first-order chi connectivity index (χ1) is 11.7. The Bertz CT molecular complexity index is 810. The summed E-state index contributed by atoms with van der Waals surface area (Å²) in [5.74, 6) is -1.52. The lowest BCUT2D eigenvalue weighted by molar-refractivity contribution is -0.133. The number of hydrogen-bond donors (Lipinski definition) is 2. The average molecular weight is 345 g/mol. The second-order valence-electron chi connectivity index (χ2n) is 6.81. The van der Waals surface area contributed by atoms with Crippen molar-refractivity contribution in [3.63, 3.8) is 0 Å². The van der Waals surface area contributed by atoms with Gasteiger partial charge in [0.2, 0.25) is 0 Å². The fourth-order valence-corrected chi connectivity index (χ4v) is 3.19. The van der Waals surface area contributed by atoms with E-state index in [9.17, 15) is 19.8 Å². The van der Waals surface area contributed by atoms with Crippen LogP contribution in [0.4, 0.5) is 11.4 Å². The van der Waals surface area contributed by atoms with Crippen molar-refractivity contribution < 1.29 is 24.5 Å². The van der Waals surface area contributed by atoms with Crippen LogP contribution in [0.1, 0.15) is 13.3 Å². The van der Waals surface area contributed by atoms with E-state index in [0.717, 1.165) is 24.7 Å². The normalized spacial score (nSPS) is 22.3. The highest BCUT2D eigenvalue weighted by molar-refractivity contribution is 6.28. The Labute approximate surface area is 145 Å². The molecule has 1 aromatic carbocycles. The van der Waals surface area contributed by atoms with Crippen LogP contribution < -0.4 is 9.22 Å². The van der Waals surface area contributed by atoms with Crippen molar-refractivity contribution in [1.29, 1.82) is 0 Å². The summed E-state index contributed by atoms with van der Waals surface area (Å²) < 4.78 is 6.45. The molecular formula is C18H21N2O5+. The van der Waals surface area contributed by atoms with Gasteiger partial charge in [0, 0.05) is 18.2 Å². The van der Waals surface area contributed by atoms with Gasteiger partial charge in [-0.15, -0.1) is 0 Å². The Morgan fingerprint density at radius 1 is 1.36 bits per heavy atom. The van der Waals surface area contributed by atoms with Gasteiger partial charge in [0.25, 0.3) is 0 Å². The van der Waals surface area contributed by atoms with Gasteiger partial charge >= 0.3 is 5.97 Å². The minimum absolute atomic E-state index is 0.0714. The van der Waals surface area contributed by atoms with Crippen LogP contribution in [0.25, 0.3) is 0 Å². The molecular weight excluding hydrogens is 324 g/mol. The molecule has 7 nitrogen and oxygen atoms in total. The number of carbonyl (C=O) groups is 2. The fourth-order valence-electron chi connectivity index (χ4n) is 3.19. The lowest BCUT2D eigenvalue weighted by atomic mass is 9.90. The Balaban J connectivity index is 2.07. The Hall–Kier alpha value is -2.51. The summed E-state index contributed by atoms with van der Waals surface area (Å²) in [5, 5.41) is 19.4. The zero-order valence-electron chi connectivity index (χ0n) is 14.4. The van der Waals surface area contributed by atoms with Crippen LogP contribution in [0.15, 0.2) is 34.8 Å². The van der Waals surface area contributed by atoms with Gasteiger partial charge in [0.15, 0.2) is 23.7 Å². The predicted molar refractivity (Wildman–Crippen MR) is 93.5 cm³/mol. The molecule has 2 atom stereocenters. The number of ketones is 1. The number of carboxylic acids is 1. The highest BCUT2D eigenvalue weighted by atomic mass is 16.5. The zero-order valence-corrected chi connectivity index (χ0v) is 14.4. The molecule has 0 bridgehead atoms. The number of carboxylic acid groups (broad SMARTS) is 1. The number of nitrogens with zero attached hydrogens (tertiary/aromatic N) is 2. The van der Waals surface area contributed by atoms with Crippen molar-refractivity contribution in [2.24, 2.45) is 4.99 Å². The van der Waals surface area contributed by atoms with Crippen molar-refractivity contribution in [1.82, 2.24) is 4.48 Å². The Morgan fingerprint density at radius 3 is 2.72 bits per heavy atom. The van der Waals surface area contributed by atoms with Crippen molar-refractivity contribution in [2.45, 2.75) is 25.6 Å². The minimum Gasteiger partial charge on any atom is -0.478 e. The summed E-state index contributed by atoms with van der Waals surface area (Å²) in [6.45, 7) is 3.04. The monoisotopic (exact) mass is 345 g/mol. The molecule has 0 amide bonds. The molecule has 0 fully saturated rings. The lowest BCUT2D eigenvalue weighted by Crippen LogP contribution is -2.49. The van der Waals surface area contributed by atoms with Crippen LogP contribution in [-0.4, -0.2) is 60.5 Å². The number of hydrogen-bond acceptors (Lipinski definition) is 5. The van der Waals surface area contributed by atoms with Crippen molar-refractivity contribution in [3.8, 4) is 5.75 Å². The third-order valence-electron chi connectivity index (χ3n) is 4.56. The van der Waals surface area contributed by atoms with Gasteiger partial charge in [-0.3, -0.25) is 9.28 Å². The molecule has 0 saturated heterocycles. The first-order valence-corrected chi connectivity index (χ1v) is 8.14. The summed E-state index contributed by atoms with van der Waals surface area (Å²) in [6.07, 6.45) is -0.646. The lowest BCUT2D eigenvalue weighted by Gasteiger charge is -2.33. The van der Waals surface area contributed by atoms with E-state index in [1.54, 1.807) is 6.07 Å². The number of aliphatic hydroxyl groups is 1. The number of aliphatic imine (C=N–C) groups is 1. The first kappa shape index (κ1) is 17.3. The van der Waals surface area contributed by atoms with E-state index in [1.165, 1.54) is 0 Å². The summed E-state index contributed by atoms with van der Waals surface area (Å²) in [6, 6.07) is 5.53. The van der Waals surface area contributed by atoms with Gasteiger partial charge in [-0.05, 0) is 12.5 Å². The third-order valence-corrected chi connectivity index (χ3v) is 4.56. The summed E-state index contributed by atoms with van der Waals surface area (Å²) in [5.41, 5.74) is 1.32. The summed E-state index contributed by atoms with van der Waals surface area (Å²) in [4.78, 5) is 27.6. The molecule has 1 aliphatic heterocycles. The average Bonchev–Trinajstić information content (AvgIpc) is 2.56. The fraction of sp³-hybridized carbons (Fsp3) is 0.389. The zero-order chi connectivity index (χ0) is 18.4. The molecule has 3 rings (SSSR count). The number of fused-ring (bicyclic) bond motifs is 2. The summed E-state index contributed by atoms with van der Waals surface area (Å²) >= 11 is 0. The molecule has 0 radical (unpaired) electrons. The number of aliphatic carboxylic acids is 1. The van der Waals surface area contributed by atoms with E-state index in [2.05, 4.69) is 26.0 Å². The third kappa shape index (κ3) is 2.96. The van der Waals surface area contributed by atoms with Gasteiger partial charge in [0.1, 0.15) is 11.4 Å². The quantitative estimate of drug-likeness (QED) is 0.805. The van der Waals surface area contributed by atoms with E-state index in [4.69, 9.17) is 4.74 Å². The van der Waals surface area contributed by atoms with Crippen LogP contribution in [0.3, 0.4) is 0 Å². The van der Waals surface area contributed by atoms with E-state index in [1.807, 2.05) is 12.1 Å². The molecule has 2 unspecified atom stereocenters. The number of quaternary nitrogens is 1. The molecule has 0 aromatic heterocycles. The van der Waals surface area contributed by atoms with E-state index < -0.39 is 24.0 Å². The van der Waals surface area contributed by atoms with Crippen LogP contribution in [-0.2, 0) is 9.59 Å². The van der Waals surface area contributed by atoms with Crippen molar-refractivity contribution >= 4 is 28.8 Å². The molecule has 1 aromatic rings. The number of rotatable bonds is 4. The van der Waals surface area contributed by atoms with Crippen LogP contribution in [0.2, 0.25) is 0 Å². The maximum absolute atomic E-state index is 11.9. The predicted octanol–water partition coefficient (Wildman–Crippen LogP) is 1.45. The van der Waals surface area contributed by atoms with E-state index in [-0.39, 0.29) is 11.3 Å². The van der Waals surface area contributed by atoms with Gasteiger partial charge in [-0.2, -0.15) is 0 Å². The molecule has 25 heavy (non-hydrogen) atoms. The van der Waals surface area contributed by atoms with Crippen LogP contribution in [0.5, 0.6) is 5.75 Å². The first-order valence-electron chi connectivity index (χ1n) is 8.14. The molecule has 0 spiro atoms. The molecule has 1 aliphatic carbocycles. The van der Waals surface area contributed by atoms with Gasteiger partial charge in [-0.25, -0.2) is 9.79 Å². The van der Waals surface area contributed by atoms with Gasteiger partial charge in [0.05, 0.1) is 31.9 Å². The van der Waals surface area contributed by atoms with E-state index in [0.29, 0.717) is 15.9 Å². The SMILES string of the molecule is CCC[N+](C)(C)c1ccc2c(c1)OC1C(=N2)C(C(=O)O)=CC(=O)C1O. The van der Waals surface area contributed by atoms with Crippen molar-refractivity contribution in [3.05, 3.63) is 29.8 Å². The van der Waals surface area contributed by atoms with Gasteiger partial charge in [-0.1, -0.05) is 6.92 Å². The maximum Gasteiger partial charge on any atom is 0.337 e. The van der Waals surface area contributed by atoms with Gasteiger partial charge < -0.3 is 14.9 Å². The number of ether oxygens (including phenoxy) is 1. The van der Waals surface area contributed by atoms with Crippen LogP contribution in [0, 0.1) is 0 Å². The van der Waals surface area contributed by atoms with Crippen molar-refractivity contribution in [2.75, 3.05) is 20.6 Å². The Kier molecular flexibility index (Phi) is 4.22. The topological polar surface area (TPSA) is 96.2 Å². The Morgan fingerprint density at radius 2 is 2.08 bits per heavy atom. The molecule has 1 heterocycles. The molecule has 2 N–H and O–H groups in total. The van der Waals surface area contributed by atoms with Crippen LogP contribution >= 0.6 is 0 Å². The number of benzene rings is 1. The second kappa shape index (κ2) is 6.09. The summed E-state index contributed by atoms with van der Waals surface area (Å²) in [7, 11) is 4.15. The second-order valence-corrected chi connectivity index (χ2v) is 6.81. The molecule has 2 aliphatic rings. The molecule has 0 saturated carbocycles. The smallest absolute Gasteiger partial charge is 0.337 e. The largest absolute Gasteiger partial charge is 0.478 e. The highest BCUT2D eigenvalue weighted by Crippen LogP contribution is 2.39. The maximum atomic E-state index is 11.9. The molecule has 7 heteroatoms. The standard InChI is InChI=1S/C18H20N2O5/c1-4-7-20(2,3)10-5-6-12-14(8-10)25-17-15(19-12)11(18(23)24)9-13(21)16(17)22/h5-6,8-9,16-17,22H,4,7H2,1-3H3/p+1. The van der Waals surface area contributed by atoms with E-state index >= 15 is 0 Å². The molecule has 132 valence electrons. The highest BCUT2D eigenvalue weighted by Gasteiger charge is 2.42. The number of aliphatic hydroxyl groups excluding tert-OH is 1. The minimum atomic E-state index is -1.46. The number of carbonyl (C=O) groups excluding carboxylic acids is 1.